The molecule has 1 aromatic heterocycles. The van der Waals surface area contributed by atoms with Gasteiger partial charge >= 0.3 is 0 Å². The first-order valence-corrected chi connectivity index (χ1v) is 7.19. The highest BCUT2D eigenvalue weighted by Gasteiger charge is 2.27. The molecule has 19 heavy (non-hydrogen) atoms. The molecule has 1 atom stereocenters. The molecule has 2 rings (SSSR count). The first kappa shape index (κ1) is 14.3. The summed E-state index contributed by atoms with van der Waals surface area (Å²) in [5.74, 6) is 1.03. The second kappa shape index (κ2) is 5.45. The van der Waals surface area contributed by atoms with E-state index in [9.17, 15) is 0 Å². The zero-order chi connectivity index (χ0) is 14.0. The van der Waals surface area contributed by atoms with Crippen LogP contribution in [-0.2, 0) is 0 Å². The lowest BCUT2D eigenvalue weighted by Crippen LogP contribution is -2.45. The van der Waals surface area contributed by atoms with Crippen molar-refractivity contribution in [1.29, 1.82) is 0 Å². The molecule has 1 unspecified atom stereocenters. The van der Waals surface area contributed by atoms with Crippen molar-refractivity contribution in [3.63, 3.8) is 0 Å². The summed E-state index contributed by atoms with van der Waals surface area (Å²) in [6.45, 7) is 12.8. The van der Waals surface area contributed by atoms with E-state index >= 15 is 0 Å². The van der Waals surface area contributed by atoms with Crippen LogP contribution in [0.15, 0.2) is 6.20 Å². The van der Waals surface area contributed by atoms with Gasteiger partial charge < -0.3 is 10.2 Å². The maximum atomic E-state index is 4.69. The van der Waals surface area contributed by atoms with E-state index in [2.05, 4.69) is 41.0 Å². The van der Waals surface area contributed by atoms with Gasteiger partial charge in [-0.25, -0.2) is 4.98 Å². The standard InChI is InChI=1S/C15H26N4/c1-11-12(2)18-14(10-16-11)19-8-6-7-13(19)9-17-15(3,4)5/h10,13,17H,6-9H2,1-5H3. The molecule has 0 aliphatic carbocycles. The Hall–Kier alpha value is -1.16. The molecule has 0 aromatic carbocycles. The number of hydrogen-bond acceptors (Lipinski definition) is 4. The predicted octanol–water partition coefficient (Wildman–Crippen LogP) is 2.45. The van der Waals surface area contributed by atoms with Crippen LogP contribution in [0.3, 0.4) is 0 Å². The van der Waals surface area contributed by atoms with Gasteiger partial charge in [0.25, 0.3) is 0 Å². The highest BCUT2D eigenvalue weighted by atomic mass is 15.3. The lowest BCUT2D eigenvalue weighted by atomic mass is 10.1. The minimum absolute atomic E-state index is 0.170. The number of nitrogens with one attached hydrogen (secondary N) is 1. The molecule has 4 nitrogen and oxygen atoms in total. The molecular formula is C15H26N4. The average molecular weight is 262 g/mol. The molecule has 0 spiro atoms. The highest BCUT2D eigenvalue weighted by molar-refractivity contribution is 5.40. The van der Waals surface area contributed by atoms with Crippen LogP contribution in [0.5, 0.6) is 0 Å². The summed E-state index contributed by atoms with van der Waals surface area (Å²) in [7, 11) is 0. The van der Waals surface area contributed by atoms with Crippen LogP contribution < -0.4 is 10.2 Å². The fourth-order valence-electron chi connectivity index (χ4n) is 2.44. The molecule has 4 heteroatoms. The third-order valence-electron chi connectivity index (χ3n) is 3.72. The lowest BCUT2D eigenvalue weighted by molar-refractivity contribution is 0.404. The number of anilines is 1. The van der Waals surface area contributed by atoms with E-state index in [1.165, 1.54) is 12.8 Å². The molecule has 1 aliphatic rings. The van der Waals surface area contributed by atoms with Crippen molar-refractivity contribution in [2.24, 2.45) is 0 Å². The summed E-state index contributed by atoms with van der Waals surface area (Å²) >= 11 is 0. The summed E-state index contributed by atoms with van der Waals surface area (Å²) in [4.78, 5) is 11.5. The van der Waals surface area contributed by atoms with Crippen LogP contribution in [0.25, 0.3) is 0 Å². The Morgan fingerprint density at radius 3 is 2.68 bits per heavy atom. The SMILES string of the molecule is Cc1ncc(N2CCCC2CNC(C)(C)C)nc1C. The fraction of sp³-hybridized carbons (Fsp3) is 0.733. The topological polar surface area (TPSA) is 41.1 Å². The Labute approximate surface area is 116 Å². The van der Waals surface area contributed by atoms with Crippen LogP contribution in [-0.4, -0.2) is 34.6 Å². The maximum Gasteiger partial charge on any atom is 0.147 e. The second-order valence-electron chi connectivity index (χ2n) is 6.52. The van der Waals surface area contributed by atoms with Gasteiger partial charge in [0, 0.05) is 24.7 Å². The van der Waals surface area contributed by atoms with E-state index in [1.54, 1.807) is 0 Å². The molecule has 106 valence electrons. The smallest absolute Gasteiger partial charge is 0.147 e. The number of rotatable bonds is 3. The number of hydrogen-bond donors (Lipinski definition) is 1. The zero-order valence-electron chi connectivity index (χ0n) is 12.8. The normalized spacial score (nSPS) is 20.1. The summed E-state index contributed by atoms with van der Waals surface area (Å²) in [5, 5.41) is 3.60. The Bertz CT molecular complexity index is 436. The molecule has 0 bridgehead atoms. The third-order valence-corrected chi connectivity index (χ3v) is 3.72. The van der Waals surface area contributed by atoms with E-state index < -0.39 is 0 Å². The van der Waals surface area contributed by atoms with E-state index in [0.29, 0.717) is 6.04 Å². The summed E-state index contributed by atoms with van der Waals surface area (Å²) in [5.41, 5.74) is 2.22. The monoisotopic (exact) mass is 262 g/mol. The minimum Gasteiger partial charge on any atom is -0.351 e. The van der Waals surface area contributed by atoms with Crippen molar-refractivity contribution in [2.75, 3.05) is 18.0 Å². The fourth-order valence-corrected chi connectivity index (χ4v) is 2.44. The van der Waals surface area contributed by atoms with Crippen molar-refractivity contribution >= 4 is 5.82 Å². The van der Waals surface area contributed by atoms with Crippen molar-refractivity contribution in [3.8, 4) is 0 Å². The van der Waals surface area contributed by atoms with Gasteiger partial charge in [-0.05, 0) is 47.5 Å². The average Bonchev–Trinajstić information content (AvgIpc) is 2.77. The van der Waals surface area contributed by atoms with Gasteiger partial charge in [-0.2, -0.15) is 0 Å². The highest BCUT2D eigenvalue weighted by Crippen LogP contribution is 2.23. The minimum atomic E-state index is 0.170. The van der Waals surface area contributed by atoms with Gasteiger partial charge in [-0.3, -0.25) is 4.98 Å². The molecule has 1 N–H and O–H groups in total. The molecule has 1 aliphatic heterocycles. The van der Waals surface area contributed by atoms with Gasteiger partial charge in [0.05, 0.1) is 17.6 Å². The van der Waals surface area contributed by atoms with E-state index in [1.807, 2.05) is 20.0 Å². The van der Waals surface area contributed by atoms with Gasteiger partial charge in [0.15, 0.2) is 0 Å². The van der Waals surface area contributed by atoms with E-state index in [0.717, 1.165) is 30.3 Å². The predicted molar refractivity (Wildman–Crippen MR) is 79.6 cm³/mol. The molecule has 0 saturated carbocycles. The molecule has 1 saturated heterocycles. The Balaban J connectivity index is 2.07. The van der Waals surface area contributed by atoms with Gasteiger partial charge in [0.2, 0.25) is 0 Å². The first-order chi connectivity index (χ1) is 8.87. The third kappa shape index (κ3) is 3.66. The van der Waals surface area contributed by atoms with Gasteiger partial charge in [-0.1, -0.05) is 0 Å². The van der Waals surface area contributed by atoms with Crippen LogP contribution in [0.4, 0.5) is 5.82 Å². The molecule has 0 amide bonds. The zero-order valence-corrected chi connectivity index (χ0v) is 12.8. The van der Waals surface area contributed by atoms with Crippen LogP contribution in [0, 0.1) is 13.8 Å². The van der Waals surface area contributed by atoms with Crippen molar-refractivity contribution in [2.45, 2.75) is 59.0 Å². The number of aromatic nitrogens is 2. The molecule has 2 heterocycles. The number of nitrogens with zero attached hydrogens (tertiary/aromatic N) is 3. The quantitative estimate of drug-likeness (QED) is 0.908. The Morgan fingerprint density at radius 2 is 2.05 bits per heavy atom. The Kier molecular flexibility index (Phi) is 4.09. The molecule has 1 fully saturated rings. The van der Waals surface area contributed by atoms with Gasteiger partial charge in [-0.15, -0.1) is 0 Å². The maximum absolute atomic E-state index is 4.69. The second-order valence-corrected chi connectivity index (χ2v) is 6.52. The molecule has 1 aromatic rings. The summed E-state index contributed by atoms with van der Waals surface area (Å²) < 4.78 is 0. The van der Waals surface area contributed by atoms with Crippen LogP contribution in [0.2, 0.25) is 0 Å². The van der Waals surface area contributed by atoms with Crippen molar-refractivity contribution in [1.82, 2.24) is 15.3 Å². The van der Waals surface area contributed by atoms with Crippen LogP contribution >= 0.6 is 0 Å². The molecular weight excluding hydrogens is 236 g/mol. The Morgan fingerprint density at radius 1 is 1.32 bits per heavy atom. The lowest BCUT2D eigenvalue weighted by Gasteiger charge is -2.29. The first-order valence-electron chi connectivity index (χ1n) is 7.19. The van der Waals surface area contributed by atoms with Crippen molar-refractivity contribution < 1.29 is 0 Å². The number of aryl methyl sites for hydroxylation is 2. The van der Waals surface area contributed by atoms with Gasteiger partial charge in [0.1, 0.15) is 5.82 Å². The van der Waals surface area contributed by atoms with Crippen LogP contribution in [0.1, 0.15) is 45.0 Å². The largest absolute Gasteiger partial charge is 0.351 e. The van der Waals surface area contributed by atoms with E-state index in [4.69, 9.17) is 0 Å². The molecule has 0 radical (unpaired) electrons. The summed E-state index contributed by atoms with van der Waals surface area (Å²) in [6.07, 6.45) is 4.39. The van der Waals surface area contributed by atoms with Crippen molar-refractivity contribution in [3.05, 3.63) is 17.6 Å². The summed E-state index contributed by atoms with van der Waals surface area (Å²) in [6, 6.07) is 0.538. The van der Waals surface area contributed by atoms with E-state index in [-0.39, 0.29) is 5.54 Å².